The number of ketones is 1. The van der Waals surface area contributed by atoms with Gasteiger partial charge in [-0.25, -0.2) is 13.2 Å². The van der Waals surface area contributed by atoms with Crippen LogP contribution < -0.4 is 5.32 Å². The molecule has 1 heterocycles. The van der Waals surface area contributed by atoms with Crippen molar-refractivity contribution >= 4 is 11.7 Å². The lowest BCUT2D eigenvalue weighted by molar-refractivity contribution is -0.129. The van der Waals surface area contributed by atoms with Gasteiger partial charge >= 0.3 is 0 Å². The zero-order valence-electron chi connectivity index (χ0n) is 22.9. The number of para-hydroxylation sites is 1. The lowest BCUT2D eigenvalue weighted by Gasteiger charge is -2.50. The van der Waals surface area contributed by atoms with Gasteiger partial charge in [-0.1, -0.05) is 31.2 Å². The van der Waals surface area contributed by atoms with Crippen LogP contribution in [0.4, 0.5) is 13.2 Å². The molecule has 0 saturated heterocycles. The number of aromatic nitrogens is 1. The monoisotopic (exact) mass is 562 g/mol. The van der Waals surface area contributed by atoms with Gasteiger partial charge in [-0.2, -0.15) is 0 Å². The fraction of sp³-hybridized carbons (Fsp3) is 0.424. The minimum atomic E-state index is -0.783. The summed E-state index contributed by atoms with van der Waals surface area (Å²) >= 11 is 0. The van der Waals surface area contributed by atoms with Crippen molar-refractivity contribution in [3.05, 3.63) is 94.6 Å². The highest BCUT2D eigenvalue weighted by Crippen LogP contribution is 2.64. The summed E-state index contributed by atoms with van der Waals surface area (Å²) in [6.45, 7) is 2.16. The highest BCUT2D eigenvalue weighted by atomic mass is 19.1. The lowest BCUT2D eigenvalue weighted by atomic mass is 9.53. The average molecular weight is 563 g/mol. The Hall–Kier alpha value is -3.68. The van der Waals surface area contributed by atoms with Crippen molar-refractivity contribution in [2.45, 2.75) is 57.3 Å². The van der Waals surface area contributed by atoms with Crippen molar-refractivity contribution in [3.8, 4) is 5.75 Å². The molecule has 0 radical (unpaired) electrons. The standard InChI is InChI=1S/C33H33F3N2O3/c1-33-13-11-20-19-6-4-7-26(35)21(19)9-10-22(20)30(33)25(16-29(33)40)23(31-27(36)15-18(34)17-38-31)12-14-37-32(41)24-5-2-3-8-28(24)39/h2-8,15,17,20,22-23,25,30,39H,9-14,16H2,1H3,(H,37,41)/t20?,22?,23?,25-,30?,33+/m0/s1. The molecular weight excluding hydrogens is 529 g/mol. The number of rotatable bonds is 6. The number of pyridine rings is 1. The summed E-state index contributed by atoms with van der Waals surface area (Å²) in [5.74, 6) is -2.91. The van der Waals surface area contributed by atoms with Crippen molar-refractivity contribution in [1.29, 1.82) is 0 Å². The van der Waals surface area contributed by atoms with Gasteiger partial charge in [-0.05, 0) is 85.1 Å². The van der Waals surface area contributed by atoms with E-state index in [0.717, 1.165) is 36.2 Å². The molecule has 4 unspecified atom stereocenters. The Bertz CT molecular complexity index is 1510. The van der Waals surface area contributed by atoms with E-state index in [1.54, 1.807) is 18.2 Å². The summed E-state index contributed by atoms with van der Waals surface area (Å²) in [5.41, 5.74) is 1.40. The predicted octanol–water partition coefficient (Wildman–Crippen LogP) is 6.46. The van der Waals surface area contributed by atoms with Crippen LogP contribution in [0, 0.1) is 40.6 Å². The van der Waals surface area contributed by atoms with E-state index in [9.17, 15) is 23.5 Å². The number of nitrogens with one attached hydrogen (secondary N) is 1. The van der Waals surface area contributed by atoms with Crippen molar-refractivity contribution in [3.63, 3.8) is 0 Å². The smallest absolute Gasteiger partial charge is 0.255 e. The third kappa shape index (κ3) is 4.71. The Balaban J connectivity index is 1.33. The molecule has 8 heteroatoms. The SMILES string of the molecule is C[C@]12CCC3c4cccc(F)c4CCC3C1[C@H](C(CCNC(=O)c1ccccc1O)c1ncc(F)cc1F)CC2=O. The number of carbonyl (C=O) groups is 2. The molecule has 2 aromatic carbocycles. The van der Waals surface area contributed by atoms with Crippen LogP contribution in [-0.4, -0.2) is 28.3 Å². The summed E-state index contributed by atoms with van der Waals surface area (Å²) in [6.07, 6.45) is 4.29. The highest BCUT2D eigenvalue weighted by Gasteiger charge is 2.60. The molecule has 2 saturated carbocycles. The molecule has 3 aliphatic carbocycles. The quantitative estimate of drug-likeness (QED) is 0.362. The van der Waals surface area contributed by atoms with Crippen molar-refractivity contribution < 1.29 is 27.9 Å². The molecule has 1 aromatic heterocycles. The van der Waals surface area contributed by atoms with Gasteiger partial charge in [0.1, 0.15) is 29.0 Å². The topological polar surface area (TPSA) is 79.3 Å². The number of hydrogen-bond acceptors (Lipinski definition) is 4. The number of halogens is 3. The molecular formula is C33H33F3N2O3. The first kappa shape index (κ1) is 27.5. The molecule has 0 bridgehead atoms. The van der Waals surface area contributed by atoms with Gasteiger partial charge in [0.25, 0.3) is 5.91 Å². The Morgan fingerprint density at radius 2 is 1.93 bits per heavy atom. The van der Waals surface area contributed by atoms with E-state index in [2.05, 4.69) is 10.3 Å². The third-order valence-corrected chi connectivity index (χ3v) is 10.1. The Labute approximate surface area is 237 Å². The second-order valence-corrected chi connectivity index (χ2v) is 12.1. The second kappa shape index (κ2) is 10.6. The number of amides is 1. The summed E-state index contributed by atoms with van der Waals surface area (Å²) in [6, 6.07) is 12.3. The number of aromatic hydroxyl groups is 1. The Kier molecular flexibility index (Phi) is 7.12. The van der Waals surface area contributed by atoms with E-state index in [0.29, 0.717) is 12.8 Å². The molecule has 214 valence electrons. The number of Topliss-reactive ketones (excluding diaryl/α,β-unsaturated/α-hetero) is 1. The summed E-state index contributed by atoms with van der Waals surface area (Å²) in [5, 5.41) is 12.9. The third-order valence-electron chi connectivity index (χ3n) is 10.1. The molecule has 0 aliphatic heterocycles. The lowest BCUT2D eigenvalue weighted by Crippen LogP contribution is -2.45. The van der Waals surface area contributed by atoms with E-state index in [4.69, 9.17) is 0 Å². The normalized spacial score (nSPS) is 27.5. The van der Waals surface area contributed by atoms with Crippen molar-refractivity contribution in [2.24, 2.45) is 23.2 Å². The molecule has 5 nitrogen and oxygen atoms in total. The van der Waals surface area contributed by atoms with Crippen LogP contribution in [-0.2, 0) is 11.2 Å². The van der Waals surface area contributed by atoms with E-state index in [1.165, 1.54) is 18.2 Å². The summed E-state index contributed by atoms with van der Waals surface area (Å²) in [7, 11) is 0. The number of hydrogen-bond donors (Lipinski definition) is 2. The van der Waals surface area contributed by atoms with Crippen LogP contribution in [0.2, 0.25) is 0 Å². The molecule has 3 aliphatic rings. The maximum absolute atomic E-state index is 15.3. The first-order valence-corrected chi connectivity index (χ1v) is 14.4. The number of phenolic OH excluding ortho intramolecular Hbond substituents is 1. The largest absolute Gasteiger partial charge is 0.507 e. The van der Waals surface area contributed by atoms with Gasteiger partial charge in [0, 0.05) is 30.4 Å². The first-order valence-electron chi connectivity index (χ1n) is 14.4. The average Bonchev–Trinajstić information content (AvgIpc) is 3.22. The number of nitrogens with zero attached hydrogens (tertiary/aromatic N) is 1. The number of phenols is 1. The van der Waals surface area contributed by atoms with Crippen molar-refractivity contribution in [1.82, 2.24) is 10.3 Å². The first-order chi connectivity index (χ1) is 19.7. The fourth-order valence-corrected chi connectivity index (χ4v) is 8.26. The van der Waals surface area contributed by atoms with Crippen molar-refractivity contribution in [2.75, 3.05) is 6.54 Å². The number of benzene rings is 2. The Morgan fingerprint density at radius 3 is 2.71 bits per heavy atom. The zero-order chi connectivity index (χ0) is 28.9. The van der Waals surface area contributed by atoms with Gasteiger partial charge in [0.15, 0.2) is 0 Å². The molecule has 6 rings (SSSR count). The molecule has 2 fully saturated rings. The molecule has 6 atom stereocenters. The Morgan fingerprint density at radius 1 is 1.12 bits per heavy atom. The van der Waals surface area contributed by atoms with E-state index in [-0.39, 0.29) is 71.7 Å². The zero-order valence-corrected chi connectivity index (χ0v) is 22.9. The predicted molar refractivity (Wildman–Crippen MR) is 147 cm³/mol. The minimum Gasteiger partial charge on any atom is -0.507 e. The molecule has 0 spiro atoms. The van der Waals surface area contributed by atoms with Gasteiger partial charge in [0.05, 0.1) is 17.5 Å². The van der Waals surface area contributed by atoms with Crippen LogP contribution in [0.25, 0.3) is 0 Å². The fourth-order valence-electron chi connectivity index (χ4n) is 8.26. The minimum absolute atomic E-state index is 0.0877. The number of fused-ring (bicyclic) bond motifs is 5. The maximum Gasteiger partial charge on any atom is 0.255 e. The van der Waals surface area contributed by atoms with E-state index in [1.807, 2.05) is 13.0 Å². The number of carbonyl (C=O) groups excluding carboxylic acids is 2. The molecule has 3 aromatic rings. The molecule has 2 N–H and O–H groups in total. The molecule has 41 heavy (non-hydrogen) atoms. The summed E-state index contributed by atoms with van der Waals surface area (Å²) < 4.78 is 43.9. The van der Waals surface area contributed by atoms with Gasteiger partial charge in [0.2, 0.25) is 0 Å². The van der Waals surface area contributed by atoms with Gasteiger partial charge in [-0.15, -0.1) is 0 Å². The van der Waals surface area contributed by atoms with E-state index >= 15 is 4.39 Å². The van der Waals surface area contributed by atoms with Crippen LogP contribution in [0.5, 0.6) is 5.75 Å². The maximum atomic E-state index is 15.3. The highest BCUT2D eigenvalue weighted by molar-refractivity contribution is 5.96. The molecule has 1 amide bonds. The van der Waals surface area contributed by atoms with Crippen LogP contribution in [0.3, 0.4) is 0 Å². The second-order valence-electron chi connectivity index (χ2n) is 12.1. The van der Waals surface area contributed by atoms with Crippen LogP contribution in [0.15, 0.2) is 54.7 Å². The van der Waals surface area contributed by atoms with Crippen LogP contribution >= 0.6 is 0 Å². The van der Waals surface area contributed by atoms with Crippen LogP contribution in [0.1, 0.15) is 78.0 Å². The van der Waals surface area contributed by atoms with E-state index < -0.39 is 28.9 Å². The van der Waals surface area contributed by atoms with Gasteiger partial charge < -0.3 is 10.4 Å². The summed E-state index contributed by atoms with van der Waals surface area (Å²) in [4.78, 5) is 30.6. The van der Waals surface area contributed by atoms with Gasteiger partial charge in [-0.3, -0.25) is 14.6 Å².